The number of phenolic OH excluding ortho intramolecular Hbond substituents is 4. The van der Waals surface area contributed by atoms with Crippen molar-refractivity contribution in [2.75, 3.05) is 0 Å². The lowest BCUT2D eigenvalue weighted by atomic mass is 9.93. The summed E-state index contributed by atoms with van der Waals surface area (Å²) < 4.78 is 11.8. The van der Waals surface area contributed by atoms with E-state index in [9.17, 15) is 25.2 Å². The molecule has 4 N–H and O–H groups in total. The Labute approximate surface area is 213 Å². The van der Waals surface area contributed by atoms with E-state index in [1.165, 1.54) is 75.6 Å². The van der Waals surface area contributed by atoms with Crippen LogP contribution in [0.3, 0.4) is 0 Å². The fraction of sp³-hybridized carbons (Fsp3) is 0.552. The van der Waals surface area contributed by atoms with Crippen LogP contribution in [-0.2, 0) is 16.0 Å². The molecule has 3 rings (SSSR count). The minimum Gasteiger partial charge on any atom is -0.508 e. The number of aromatic hydroxyl groups is 4. The van der Waals surface area contributed by atoms with Crippen LogP contribution in [0.15, 0.2) is 30.3 Å². The summed E-state index contributed by atoms with van der Waals surface area (Å²) in [4.78, 5) is 12.7. The molecule has 0 spiro atoms. The Hall–Kier alpha value is -3.09. The van der Waals surface area contributed by atoms with Crippen LogP contribution in [-0.4, -0.2) is 32.5 Å². The van der Waals surface area contributed by atoms with Gasteiger partial charge in [0.15, 0.2) is 17.6 Å². The van der Waals surface area contributed by atoms with Gasteiger partial charge in [-0.1, -0.05) is 77.2 Å². The maximum Gasteiger partial charge on any atom is 0.306 e. The Balaban J connectivity index is 1.51. The van der Waals surface area contributed by atoms with Crippen LogP contribution in [0.4, 0.5) is 0 Å². The van der Waals surface area contributed by atoms with Crippen molar-refractivity contribution in [1.29, 1.82) is 0 Å². The molecule has 0 aliphatic carbocycles. The molecule has 1 aliphatic rings. The van der Waals surface area contributed by atoms with Crippen LogP contribution in [0.1, 0.15) is 101 Å². The normalized spacial score (nSPS) is 16.8. The summed E-state index contributed by atoms with van der Waals surface area (Å²) in [6.07, 6.45) is 12.1. The largest absolute Gasteiger partial charge is 0.508 e. The molecule has 1 heterocycles. The van der Waals surface area contributed by atoms with E-state index in [1.54, 1.807) is 6.07 Å². The number of fused-ring (bicyclic) bond motifs is 1. The van der Waals surface area contributed by atoms with E-state index in [-0.39, 0.29) is 41.1 Å². The maximum absolute atomic E-state index is 12.7. The second kappa shape index (κ2) is 13.9. The standard InChI is InChI=1S/C29H40O7/c1-2-3-4-5-6-7-8-9-10-11-12-13-28(34)35-27-19-22-24(32)17-21(30)18-26(22)36-29(27)20-14-15-23(31)25(33)16-20/h14-18,27,29-33H,2-13,19H2,1H3/t27-,29+/m0/s1. The van der Waals surface area contributed by atoms with Crippen molar-refractivity contribution in [3.05, 3.63) is 41.5 Å². The fourth-order valence-corrected chi connectivity index (χ4v) is 4.71. The SMILES string of the molecule is CCCCCCCCCCCCCC(=O)O[C@H]1Cc2c(O)cc(O)cc2O[C@@H]1c1ccc(O)c(O)c1. The van der Waals surface area contributed by atoms with Gasteiger partial charge in [-0.25, -0.2) is 0 Å². The highest BCUT2D eigenvalue weighted by molar-refractivity contribution is 5.69. The molecule has 2 aromatic rings. The zero-order valence-electron chi connectivity index (χ0n) is 21.2. The molecule has 0 saturated heterocycles. The Morgan fingerprint density at radius 2 is 1.47 bits per heavy atom. The molecular weight excluding hydrogens is 460 g/mol. The van der Waals surface area contributed by atoms with Crippen molar-refractivity contribution in [1.82, 2.24) is 0 Å². The number of unbranched alkanes of at least 4 members (excludes halogenated alkanes) is 10. The van der Waals surface area contributed by atoms with Crippen molar-refractivity contribution in [2.24, 2.45) is 0 Å². The van der Waals surface area contributed by atoms with Crippen molar-refractivity contribution >= 4 is 5.97 Å². The molecule has 1 aliphatic heterocycles. The van der Waals surface area contributed by atoms with Gasteiger partial charge in [0, 0.05) is 36.1 Å². The number of hydrogen-bond donors (Lipinski definition) is 4. The van der Waals surface area contributed by atoms with Gasteiger partial charge in [-0.05, 0) is 18.6 Å². The topological polar surface area (TPSA) is 116 Å². The molecule has 0 bridgehead atoms. The lowest BCUT2D eigenvalue weighted by Gasteiger charge is -2.34. The summed E-state index contributed by atoms with van der Waals surface area (Å²) in [6, 6.07) is 6.90. The third-order valence-corrected chi connectivity index (χ3v) is 6.76. The quantitative estimate of drug-likeness (QED) is 0.128. The van der Waals surface area contributed by atoms with Gasteiger partial charge in [-0.3, -0.25) is 4.79 Å². The smallest absolute Gasteiger partial charge is 0.306 e. The first-order valence-electron chi connectivity index (χ1n) is 13.3. The van der Waals surface area contributed by atoms with E-state index in [0.29, 0.717) is 17.5 Å². The van der Waals surface area contributed by atoms with Crippen LogP contribution in [0.2, 0.25) is 0 Å². The van der Waals surface area contributed by atoms with Crippen LogP contribution in [0.5, 0.6) is 28.7 Å². The van der Waals surface area contributed by atoms with E-state index in [0.717, 1.165) is 19.3 Å². The molecule has 36 heavy (non-hydrogen) atoms. The van der Waals surface area contributed by atoms with E-state index >= 15 is 0 Å². The number of benzene rings is 2. The van der Waals surface area contributed by atoms with Crippen molar-refractivity contribution in [3.63, 3.8) is 0 Å². The molecular formula is C29H40O7. The van der Waals surface area contributed by atoms with E-state index < -0.39 is 12.2 Å². The average Bonchev–Trinajstić information content (AvgIpc) is 2.84. The van der Waals surface area contributed by atoms with Crippen LogP contribution in [0.25, 0.3) is 0 Å². The second-order valence-electron chi connectivity index (χ2n) is 9.75. The Morgan fingerprint density at radius 1 is 0.833 bits per heavy atom. The van der Waals surface area contributed by atoms with Crippen LogP contribution in [0, 0.1) is 0 Å². The van der Waals surface area contributed by atoms with Crippen LogP contribution < -0.4 is 4.74 Å². The number of carbonyl (C=O) groups is 1. The van der Waals surface area contributed by atoms with Gasteiger partial charge < -0.3 is 29.9 Å². The molecule has 0 unspecified atom stereocenters. The lowest BCUT2D eigenvalue weighted by Crippen LogP contribution is -2.34. The molecule has 7 nitrogen and oxygen atoms in total. The van der Waals surface area contributed by atoms with Crippen molar-refractivity contribution < 1.29 is 34.7 Å². The van der Waals surface area contributed by atoms with Gasteiger partial charge in [0.1, 0.15) is 23.4 Å². The van der Waals surface area contributed by atoms with Gasteiger partial charge in [0.2, 0.25) is 0 Å². The van der Waals surface area contributed by atoms with E-state index in [1.807, 2.05) is 0 Å². The Morgan fingerprint density at radius 3 is 2.11 bits per heavy atom. The van der Waals surface area contributed by atoms with E-state index in [2.05, 4.69) is 6.92 Å². The van der Waals surface area contributed by atoms with Gasteiger partial charge in [0.25, 0.3) is 0 Å². The lowest BCUT2D eigenvalue weighted by molar-refractivity contribution is -0.155. The third kappa shape index (κ3) is 7.97. The number of esters is 1. The molecule has 0 aromatic heterocycles. The number of phenols is 4. The monoisotopic (exact) mass is 500 g/mol. The predicted octanol–water partition coefficient (Wildman–Crippen LogP) is 6.80. The Bertz CT molecular complexity index is 988. The fourth-order valence-electron chi connectivity index (χ4n) is 4.71. The summed E-state index contributed by atoms with van der Waals surface area (Å²) in [6.45, 7) is 2.23. The number of carbonyl (C=O) groups excluding carboxylic acids is 1. The predicted molar refractivity (Wildman–Crippen MR) is 138 cm³/mol. The molecule has 2 aromatic carbocycles. The summed E-state index contributed by atoms with van der Waals surface area (Å²) in [7, 11) is 0. The van der Waals surface area contributed by atoms with Crippen LogP contribution >= 0.6 is 0 Å². The minimum atomic E-state index is -0.772. The molecule has 0 radical (unpaired) electrons. The summed E-state index contributed by atoms with van der Waals surface area (Å²) in [5.41, 5.74) is 0.950. The zero-order chi connectivity index (χ0) is 25.9. The Kier molecular flexibility index (Phi) is 10.6. The molecule has 0 amide bonds. The summed E-state index contributed by atoms with van der Waals surface area (Å²) in [5, 5.41) is 39.8. The molecule has 0 saturated carbocycles. The first-order chi connectivity index (χ1) is 17.4. The maximum atomic E-state index is 12.7. The molecule has 0 fully saturated rings. The first-order valence-corrected chi connectivity index (χ1v) is 13.3. The van der Waals surface area contributed by atoms with Gasteiger partial charge >= 0.3 is 5.97 Å². The highest BCUT2D eigenvalue weighted by Gasteiger charge is 2.36. The molecule has 7 heteroatoms. The third-order valence-electron chi connectivity index (χ3n) is 6.76. The van der Waals surface area contributed by atoms with E-state index in [4.69, 9.17) is 9.47 Å². The highest BCUT2D eigenvalue weighted by atomic mass is 16.6. The number of ether oxygens (including phenoxy) is 2. The van der Waals surface area contributed by atoms with Gasteiger partial charge in [0.05, 0.1) is 0 Å². The summed E-state index contributed by atoms with van der Waals surface area (Å²) in [5.74, 6) is -0.923. The molecule has 198 valence electrons. The average molecular weight is 501 g/mol. The highest BCUT2D eigenvalue weighted by Crippen LogP contribution is 2.43. The van der Waals surface area contributed by atoms with Crippen molar-refractivity contribution in [3.8, 4) is 28.7 Å². The van der Waals surface area contributed by atoms with Crippen molar-refractivity contribution in [2.45, 2.75) is 103 Å². The summed E-state index contributed by atoms with van der Waals surface area (Å²) >= 11 is 0. The first kappa shape index (κ1) is 27.5. The van der Waals surface area contributed by atoms with Gasteiger partial charge in [-0.15, -0.1) is 0 Å². The zero-order valence-corrected chi connectivity index (χ0v) is 21.2. The number of hydrogen-bond acceptors (Lipinski definition) is 7. The number of rotatable bonds is 14. The second-order valence-corrected chi connectivity index (χ2v) is 9.75. The molecule has 2 atom stereocenters. The minimum absolute atomic E-state index is 0.136. The van der Waals surface area contributed by atoms with Gasteiger partial charge in [-0.2, -0.15) is 0 Å².